The smallest absolute Gasteiger partial charge is 0.318 e. The molecule has 1 saturated heterocycles. The highest BCUT2D eigenvalue weighted by Crippen LogP contribution is 2.34. The van der Waals surface area contributed by atoms with Gasteiger partial charge in [0.25, 0.3) is 0 Å². The van der Waals surface area contributed by atoms with E-state index in [-0.39, 0.29) is 24.4 Å². The quantitative estimate of drug-likeness (QED) is 0.852. The van der Waals surface area contributed by atoms with Crippen molar-refractivity contribution in [1.82, 2.24) is 14.9 Å². The first-order valence-corrected chi connectivity index (χ1v) is 9.07. The second kappa shape index (κ2) is 7.15. The lowest BCUT2D eigenvalue weighted by Crippen LogP contribution is -2.47. The Balaban J connectivity index is 1.97. The SMILES string of the molecule is CNS(=O)(=O)CCNC(=O)N1CCC(C)CC1c1ccco1. The van der Waals surface area contributed by atoms with Gasteiger partial charge in [-0.05, 0) is 37.9 Å². The number of carbonyl (C=O) groups excluding carboxylic acids is 1. The fraction of sp³-hybridized carbons (Fsp3) is 0.643. The Morgan fingerprint density at radius 3 is 2.91 bits per heavy atom. The molecule has 2 N–H and O–H groups in total. The van der Waals surface area contributed by atoms with Crippen molar-refractivity contribution in [3.63, 3.8) is 0 Å². The maximum absolute atomic E-state index is 12.3. The van der Waals surface area contributed by atoms with E-state index in [9.17, 15) is 13.2 Å². The third-order valence-electron chi connectivity index (χ3n) is 3.96. The number of furan rings is 1. The number of amides is 2. The van der Waals surface area contributed by atoms with Gasteiger partial charge in [0, 0.05) is 13.1 Å². The van der Waals surface area contributed by atoms with E-state index in [1.807, 2.05) is 12.1 Å². The van der Waals surface area contributed by atoms with Gasteiger partial charge in [-0.2, -0.15) is 0 Å². The van der Waals surface area contributed by atoms with E-state index in [1.165, 1.54) is 7.05 Å². The molecule has 7 nitrogen and oxygen atoms in total. The molecule has 22 heavy (non-hydrogen) atoms. The van der Waals surface area contributed by atoms with Gasteiger partial charge in [-0.15, -0.1) is 0 Å². The Bertz CT molecular complexity index is 585. The normalized spacial score (nSPS) is 22.5. The lowest BCUT2D eigenvalue weighted by Gasteiger charge is -2.37. The molecular weight excluding hydrogens is 306 g/mol. The molecule has 0 aliphatic carbocycles. The lowest BCUT2D eigenvalue weighted by atomic mass is 9.91. The van der Waals surface area contributed by atoms with E-state index in [2.05, 4.69) is 17.0 Å². The third kappa shape index (κ3) is 4.23. The van der Waals surface area contributed by atoms with E-state index in [0.29, 0.717) is 12.5 Å². The standard InChI is InChI=1S/C14H23N3O4S/c1-11-5-7-17(12(10-11)13-4-3-8-21-13)14(18)16-6-9-22(19,20)15-2/h3-4,8,11-12,15H,5-7,9-10H2,1-2H3,(H,16,18). The van der Waals surface area contributed by atoms with Crippen LogP contribution in [0.3, 0.4) is 0 Å². The van der Waals surface area contributed by atoms with Crippen LogP contribution in [0.15, 0.2) is 22.8 Å². The van der Waals surface area contributed by atoms with Gasteiger partial charge in [-0.3, -0.25) is 0 Å². The van der Waals surface area contributed by atoms with Crippen LogP contribution in [0.25, 0.3) is 0 Å². The summed E-state index contributed by atoms with van der Waals surface area (Å²) in [6.45, 7) is 2.88. The fourth-order valence-corrected chi connectivity index (χ4v) is 3.21. The first kappa shape index (κ1) is 16.8. The van der Waals surface area contributed by atoms with Crippen molar-refractivity contribution in [2.24, 2.45) is 5.92 Å². The van der Waals surface area contributed by atoms with E-state index < -0.39 is 10.0 Å². The minimum Gasteiger partial charge on any atom is -0.467 e. The highest BCUT2D eigenvalue weighted by Gasteiger charge is 2.32. The molecule has 0 radical (unpaired) electrons. The molecule has 2 rings (SSSR count). The van der Waals surface area contributed by atoms with Crippen LogP contribution in [0.1, 0.15) is 31.6 Å². The minimum absolute atomic E-state index is 0.0823. The molecule has 0 spiro atoms. The Hall–Kier alpha value is -1.54. The van der Waals surface area contributed by atoms with Gasteiger partial charge in [0.05, 0.1) is 18.1 Å². The van der Waals surface area contributed by atoms with Crippen molar-refractivity contribution in [2.75, 3.05) is 25.9 Å². The number of carbonyl (C=O) groups is 1. The number of rotatable bonds is 5. The van der Waals surface area contributed by atoms with E-state index in [1.54, 1.807) is 11.2 Å². The zero-order valence-electron chi connectivity index (χ0n) is 12.9. The van der Waals surface area contributed by atoms with Crippen LogP contribution in [-0.2, 0) is 10.0 Å². The number of hydrogen-bond acceptors (Lipinski definition) is 4. The number of sulfonamides is 1. The molecule has 8 heteroatoms. The van der Waals surface area contributed by atoms with Crippen molar-refractivity contribution >= 4 is 16.1 Å². The average Bonchev–Trinajstić information content (AvgIpc) is 3.01. The van der Waals surface area contributed by atoms with Crippen molar-refractivity contribution in [1.29, 1.82) is 0 Å². The first-order chi connectivity index (χ1) is 10.4. The second-order valence-corrected chi connectivity index (χ2v) is 7.66. The van der Waals surface area contributed by atoms with Crippen LogP contribution in [0.4, 0.5) is 4.79 Å². The van der Waals surface area contributed by atoms with Gasteiger partial charge in [0.15, 0.2) is 0 Å². The van der Waals surface area contributed by atoms with Crippen LogP contribution >= 0.6 is 0 Å². The zero-order valence-corrected chi connectivity index (χ0v) is 13.7. The summed E-state index contributed by atoms with van der Waals surface area (Å²) in [4.78, 5) is 14.1. The minimum atomic E-state index is -3.31. The molecule has 1 aromatic heterocycles. The first-order valence-electron chi connectivity index (χ1n) is 7.42. The number of urea groups is 1. The Labute approximate surface area is 131 Å². The van der Waals surface area contributed by atoms with Crippen LogP contribution in [-0.4, -0.2) is 45.2 Å². The Kier molecular flexibility index (Phi) is 5.47. The number of hydrogen-bond donors (Lipinski definition) is 2. The van der Waals surface area contributed by atoms with Gasteiger partial charge in [-0.25, -0.2) is 17.9 Å². The summed E-state index contributed by atoms with van der Waals surface area (Å²) < 4.78 is 30.4. The molecule has 1 aliphatic rings. The molecule has 2 amide bonds. The summed E-state index contributed by atoms with van der Waals surface area (Å²) >= 11 is 0. The highest BCUT2D eigenvalue weighted by atomic mass is 32.2. The number of nitrogens with zero attached hydrogens (tertiary/aromatic N) is 1. The molecular formula is C14H23N3O4S. The van der Waals surface area contributed by atoms with Crippen LogP contribution in [0, 0.1) is 5.92 Å². The molecule has 1 aliphatic heterocycles. The van der Waals surface area contributed by atoms with Gasteiger partial charge >= 0.3 is 6.03 Å². The molecule has 0 aromatic carbocycles. The third-order valence-corrected chi connectivity index (χ3v) is 5.32. The molecule has 0 bridgehead atoms. The Morgan fingerprint density at radius 2 is 2.27 bits per heavy atom. The predicted molar refractivity (Wildman–Crippen MR) is 82.8 cm³/mol. The topological polar surface area (TPSA) is 91.7 Å². The molecule has 1 aromatic rings. The summed E-state index contributed by atoms with van der Waals surface area (Å²) in [6, 6.07) is 3.33. The summed E-state index contributed by atoms with van der Waals surface area (Å²) in [5.41, 5.74) is 0. The van der Waals surface area contributed by atoms with Crippen LogP contribution in [0.2, 0.25) is 0 Å². The molecule has 1 fully saturated rings. The molecule has 124 valence electrons. The van der Waals surface area contributed by atoms with Crippen molar-refractivity contribution in [3.8, 4) is 0 Å². The monoisotopic (exact) mass is 329 g/mol. The maximum Gasteiger partial charge on any atom is 0.318 e. The molecule has 0 saturated carbocycles. The summed E-state index contributed by atoms with van der Waals surface area (Å²) in [5, 5.41) is 2.68. The van der Waals surface area contributed by atoms with E-state index in [4.69, 9.17) is 4.42 Å². The summed E-state index contributed by atoms with van der Waals surface area (Å²) in [5.74, 6) is 1.15. The van der Waals surface area contributed by atoms with E-state index in [0.717, 1.165) is 18.6 Å². The highest BCUT2D eigenvalue weighted by molar-refractivity contribution is 7.89. The summed E-state index contributed by atoms with van der Waals surface area (Å²) in [6.07, 6.45) is 3.37. The van der Waals surface area contributed by atoms with Gasteiger partial charge in [0.1, 0.15) is 5.76 Å². The fourth-order valence-electron chi connectivity index (χ4n) is 2.63. The van der Waals surface area contributed by atoms with Crippen LogP contribution in [0.5, 0.6) is 0 Å². The predicted octanol–water partition coefficient (Wildman–Crippen LogP) is 1.31. The molecule has 2 unspecified atom stereocenters. The van der Waals surface area contributed by atoms with Crippen molar-refractivity contribution in [3.05, 3.63) is 24.2 Å². The zero-order chi connectivity index (χ0) is 16.2. The number of nitrogens with one attached hydrogen (secondary N) is 2. The van der Waals surface area contributed by atoms with Crippen LogP contribution < -0.4 is 10.0 Å². The number of likely N-dealkylation sites (tertiary alicyclic amines) is 1. The Morgan fingerprint density at radius 1 is 1.50 bits per heavy atom. The van der Waals surface area contributed by atoms with Crippen molar-refractivity contribution < 1.29 is 17.6 Å². The summed E-state index contributed by atoms with van der Waals surface area (Å²) in [7, 11) is -1.96. The molecule has 2 atom stereocenters. The van der Waals surface area contributed by atoms with Crippen molar-refractivity contribution in [2.45, 2.75) is 25.8 Å². The number of piperidine rings is 1. The van der Waals surface area contributed by atoms with Gasteiger partial charge in [0.2, 0.25) is 10.0 Å². The van der Waals surface area contributed by atoms with Gasteiger partial charge < -0.3 is 14.6 Å². The van der Waals surface area contributed by atoms with E-state index >= 15 is 0 Å². The maximum atomic E-state index is 12.3. The molecule has 2 heterocycles. The largest absolute Gasteiger partial charge is 0.467 e. The van der Waals surface area contributed by atoms with Gasteiger partial charge in [-0.1, -0.05) is 6.92 Å². The lowest BCUT2D eigenvalue weighted by molar-refractivity contribution is 0.120. The average molecular weight is 329 g/mol. The second-order valence-electron chi connectivity index (χ2n) is 5.61.